The molecular formula is C11H16N2O3S. The Morgan fingerprint density at radius 3 is 2.82 bits per heavy atom. The number of carbonyl (C=O) groups excluding carboxylic acids is 1. The first-order valence-corrected chi connectivity index (χ1v) is 6.38. The molecule has 0 aliphatic rings. The summed E-state index contributed by atoms with van der Waals surface area (Å²) in [5, 5.41) is 16.1. The number of hydrogen-bond acceptors (Lipinski definition) is 3. The molecule has 5 nitrogen and oxygen atoms in total. The number of carbonyl (C=O) groups is 2. The van der Waals surface area contributed by atoms with Gasteiger partial charge in [0.2, 0.25) is 0 Å². The highest BCUT2D eigenvalue weighted by Gasteiger charge is 2.13. The maximum Gasteiger partial charge on any atom is 0.338 e. The minimum absolute atomic E-state index is 0.124. The van der Waals surface area contributed by atoms with Crippen LogP contribution in [0.1, 0.15) is 36.5 Å². The van der Waals surface area contributed by atoms with Gasteiger partial charge >= 0.3 is 12.0 Å². The molecule has 3 N–H and O–H groups in total. The molecule has 0 fully saturated rings. The Kier molecular flexibility index (Phi) is 5.48. The summed E-state index contributed by atoms with van der Waals surface area (Å²) in [6, 6.07) is 1.12. The van der Waals surface area contributed by atoms with Crippen LogP contribution in [0.5, 0.6) is 0 Å². The molecule has 0 unspecified atom stereocenters. The fraction of sp³-hybridized carbons (Fsp3) is 0.455. The average molecular weight is 256 g/mol. The number of hydrogen-bond donors (Lipinski definition) is 3. The second-order valence-electron chi connectivity index (χ2n) is 3.56. The standard InChI is InChI=1S/C11H16N2O3S/c1-2-3-4-6-12-11(16)13-9-8(10(14)15)5-7-17-9/h5,7H,2-4,6H2,1H3,(H,14,15)(H2,12,13,16). The highest BCUT2D eigenvalue weighted by molar-refractivity contribution is 7.14. The summed E-state index contributed by atoms with van der Waals surface area (Å²) in [5.41, 5.74) is 0.124. The largest absolute Gasteiger partial charge is 0.478 e. The van der Waals surface area contributed by atoms with Crippen LogP contribution >= 0.6 is 11.3 Å². The average Bonchev–Trinajstić information content (AvgIpc) is 2.72. The lowest BCUT2D eigenvalue weighted by atomic mass is 10.2. The van der Waals surface area contributed by atoms with Gasteiger partial charge in [0.25, 0.3) is 0 Å². The van der Waals surface area contributed by atoms with Gasteiger partial charge in [0.05, 0.1) is 5.56 Å². The highest BCUT2D eigenvalue weighted by Crippen LogP contribution is 2.22. The Balaban J connectivity index is 2.40. The molecule has 0 saturated carbocycles. The van der Waals surface area contributed by atoms with Gasteiger partial charge in [0.1, 0.15) is 5.00 Å². The Bertz CT molecular complexity index is 390. The van der Waals surface area contributed by atoms with E-state index < -0.39 is 5.97 Å². The SMILES string of the molecule is CCCCCNC(=O)Nc1sccc1C(=O)O. The summed E-state index contributed by atoms with van der Waals surface area (Å²) >= 11 is 1.20. The van der Waals surface area contributed by atoms with Crippen LogP contribution in [-0.4, -0.2) is 23.7 Å². The lowest BCUT2D eigenvalue weighted by Crippen LogP contribution is -2.29. The van der Waals surface area contributed by atoms with Crippen LogP contribution in [0.2, 0.25) is 0 Å². The van der Waals surface area contributed by atoms with Gasteiger partial charge in [-0.1, -0.05) is 19.8 Å². The van der Waals surface area contributed by atoms with Gasteiger partial charge in [0.15, 0.2) is 0 Å². The Morgan fingerprint density at radius 2 is 2.18 bits per heavy atom. The first-order valence-electron chi connectivity index (χ1n) is 5.50. The summed E-state index contributed by atoms with van der Waals surface area (Å²) in [6.07, 6.45) is 3.09. The van der Waals surface area contributed by atoms with Crippen LogP contribution in [0.4, 0.5) is 9.80 Å². The molecule has 94 valence electrons. The number of urea groups is 1. The third kappa shape index (κ3) is 4.44. The van der Waals surface area contributed by atoms with Gasteiger partial charge < -0.3 is 10.4 Å². The summed E-state index contributed by atoms with van der Waals surface area (Å²) in [6.45, 7) is 2.69. The molecule has 0 aliphatic carbocycles. The van der Waals surface area contributed by atoms with Crippen molar-refractivity contribution in [2.24, 2.45) is 0 Å². The zero-order valence-corrected chi connectivity index (χ0v) is 10.5. The predicted molar refractivity (Wildman–Crippen MR) is 67.8 cm³/mol. The summed E-state index contributed by atoms with van der Waals surface area (Å²) in [5.74, 6) is -1.03. The normalized spacial score (nSPS) is 9.94. The molecule has 1 heterocycles. The van der Waals surface area contributed by atoms with E-state index in [2.05, 4.69) is 17.6 Å². The van der Waals surface area contributed by atoms with E-state index in [9.17, 15) is 9.59 Å². The second kappa shape index (κ2) is 6.90. The van der Waals surface area contributed by atoms with Gasteiger partial charge in [-0.2, -0.15) is 0 Å². The third-order valence-electron chi connectivity index (χ3n) is 2.19. The van der Waals surface area contributed by atoms with Crippen LogP contribution in [0.15, 0.2) is 11.4 Å². The van der Waals surface area contributed by atoms with Crippen molar-refractivity contribution < 1.29 is 14.7 Å². The van der Waals surface area contributed by atoms with E-state index in [1.165, 1.54) is 17.4 Å². The van der Waals surface area contributed by atoms with Crippen LogP contribution in [0, 0.1) is 0 Å². The monoisotopic (exact) mass is 256 g/mol. The van der Waals surface area contributed by atoms with Crippen molar-refractivity contribution in [2.45, 2.75) is 26.2 Å². The second-order valence-corrected chi connectivity index (χ2v) is 4.47. The summed E-state index contributed by atoms with van der Waals surface area (Å²) < 4.78 is 0. The number of unbranched alkanes of at least 4 members (excludes halogenated alkanes) is 2. The predicted octanol–water partition coefficient (Wildman–Crippen LogP) is 2.76. The number of amides is 2. The van der Waals surface area contributed by atoms with Crippen molar-refractivity contribution in [3.8, 4) is 0 Å². The molecule has 17 heavy (non-hydrogen) atoms. The molecule has 0 radical (unpaired) electrons. The van der Waals surface area contributed by atoms with Gasteiger partial charge in [-0.05, 0) is 17.9 Å². The van der Waals surface area contributed by atoms with E-state index in [0.717, 1.165) is 19.3 Å². The number of aromatic carboxylic acids is 1. The van der Waals surface area contributed by atoms with Gasteiger partial charge in [-0.15, -0.1) is 11.3 Å². The van der Waals surface area contributed by atoms with E-state index in [-0.39, 0.29) is 11.6 Å². The van der Waals surface area contributed by atoms with Crippen LogP contribution < -0.4 is 10.6 Å². The van der Waals surface area contributed by atoms with E-state index >= 15 is 0 Å². The Labute approximate surface area is 104 Å². The number of anilines is 1. The smallest absolute Gasteiger partial charge is 0.338 e. The number of rotatable bonds is 6. The molecule has 0 bridgehead atoms. The maximum absolute atomic E-state index is 11.4. The summed E-state index contributed by atoms with van der Waals surface area (Å²) in [7, 11) is 0. The molecule has 0 aliphatic heterocycles. The molecule has 1 aromatic heterocycles. The topological polar surface area (TPSA) is 78.4 Å². The zero-order valence-electron chi connectivity index (χ0n) is 9.66. The minimum atomic E-state index is -1.03. The van der Waals surface area contributed by atoms with E-state index in [1.54, 1.807) is 5.38 Å². The number of carboxylic acids is 1. The van der Waals surface area contributed by atoms with Crippen molar-refractivity contribution >= 4 is 28.3 Å². The molecule has 0 saturated heterocycles. The van der Waals surface area contributed by atoms with Gasteiger partial charge in [-0.25, -0.2) is 9.59 Å². The minimum Gasteiger partial charge on any atom is -0.478 e. The number of thiophene rings is 1. The van der Waals surface area contributed by atoms with Crippen molar-refractivity contribution in [3.05, 3.63) is 17.0 Å². The number of nitrogens with one attached hydrogen (secondary N) is 2. The molecule has 6 heteroatoms. The van der Waals surface area contributed by atoms with Gasteiger partial charge in [0, 0.05) is 6.54 Å². The van der Waals surface area contributed by atoms with Crippen molar-refractivity contribution in [1.29, 1.82) is 0 Å². The fourth-order valence-electron chi connectivity index (χ4n) is 1.30. The van der Waals surface area contributed by atoms with Crippen LogP contribution in [0.3, 0.4) is 0 Å². The van der Waals surface area contributed by atoms with E-state index in [0.29, 0.717) is 11.5 Å². The van der Waals surface area contributed by atoms with Crippen molar-refractivity contribution in [3.63, 3.8) is 0 Å². The Hall–Kier alpha value is -1.56. The molecule has 0 aromatic carbocycles. The van der Waals surface area contributed by atoms with E-state index in [4.69, 9.17) is 5.11 Å². The molecule has 1 aromatic rings. The zero-order chi connectivity index (χ0) is 12.7. The first kappa shape index (κ1) is 13.5. The molecular weight excluding hydrogens is 240 g/mol. The van der Waals surface area contributed by atoms with Crippen molar-refractivity contribution in [2.75, 3.05) is 11.9 Å². The summed E-state index contributed by atoms with van der Waals surface area (Å²) in [4.78, 5) is 22.2. The number of carboxylic acid groups (broad SMARTS) is 1. The molecule has 2 amide bonds. The highest BCUT2D eigenvalue weighted by atomic mass is 32.1. The molecule has 0 atom stereocenters. The third-order valence-corrected chi connectivity index (χ3v) is 3.02. The maximum atomic E-state index is 11.4. The van der Waals surface area contributed by atoms with Crippen LogP contribution in [-0.2, 0) is 0 Å². The first-order chi connectivity index (χ1) is 8.15. The molecule has 0 spiro atoms. The quantitative estimate of drug-likeness (QED) is 0.685. The lowest BCUT2D eigenvalue weighted by molar-refractivity contribution is 0.0698. The molecule has 1 rings (SSSR count). The van der Waals surface area contributed by atoms with Crippen LogP contribution in [0.25, 0.3) is 0 Å². The fourth-order valence-corrected chi connectivity index (χ4v) is 2.07. The van der Waals surface area contributed by atoms with Crippen molar-refractivity contribution in [1.82, 2.24) is 5.32 Å². The lowest BCUT2D eigenvalue weighted by Gasteiger charge is -2.06. The van der Waals surface area contributed by atoms with Gasteiger partial charge in [-0.3, -0.25) is 5.32 Å². The van der Waals surface area contributed by atoms with E-state index in [1.807, 2.05) is 0 Å². The Morgan fingerprint density at radius 1 is 1.41 bits per heavy atom.